The van der Waals surface area contributed by atoms with Crippen LogP contribution in [0.4, 0.5) is 0 Å². The number of ketones is 1. The van der Waals surface area contributed by atoms with Crippen LogP contribution in [0.2, 0.25) is 0 Å². The van der Waals surface area contributed by atoms with E-state index in [2.05, 4.69) is 28.3 Å². The predicted octanol–water partition coefficient (Wildman–Crippen LogP) is 3.54. The molecule has 0 aromatic heterocycles. The van der Waals surface area contributed by atoms with Crippen molar-refractivity contribution < 1.29 is 14.7 Å². The lowest BCUT2D eigenvalue weighted by Crippen LogP contribution is -2.36. The molecule has 0 amide bonds. The van der Waals surface area contributed by atoms with E-state index in [0.717, 1.165) is 22.5 Å². The third-order valence-electron chi connectivity index (χ3n) is 5.68. The monoisotopic (exact) mass is 468 g/mol. The molecule has 3 unspecified atom stereocenters. The highest BCUT2D eigenvalue weighted by molar-refractivity contribution is 7.68. The first-order valence-corrected chi connectivity index (χ1v) is 13.3. The molecule has 0 aliphatic carbocycles. The lowest BCUT2D eigenvalue weighted by atomic mass is 10.0. The second-order valence-corrected chi connectivity index (χ2v) is 12.2. The summed E-state index contributed by atoms with van der Waals surface area (Å²) in [5, 5.41) is 12.5. The van der Waals surface area contributed by atoms with Gasteiger partial charge in [0.05, 0.1) is 5.78 Å². The number of benzene rings is 2. The van der Waals surface area contributed by atoms with Gasteiger partial charge in [0.2, 0.25) is 0 Å². The summed E-state index contributed by atoms with van der Waals surface area (Å²) in [4.78, 5) is 25.2. The summed E-state index contributed by atoms with van der Waals surface area (Å²) in [6.45, 7) is 6.09. The van der Waals surface area contributed by atoms with Crippen molar-refractivity contribution in [3.8, 4) is 0 Å². The van der Waals surface area contributed by atoms with E-state index in [4.69, 9.17) is 0 Å². The molecule has 2 aromatic carbocycles. The molecule has 4 rings (SSSR count). The molecule has 2 aromatic rings. The molecule has 9 heteroatoms. The molecule has 2 fully saturated rings. The molecule has 0 radical (unpaired) electrons. The van der Waals surface area contributed by atoms with E-state index in [-0.39, 0.29) is 11.6 Å². The van der Waals surface area contributed by atoms with E-state index in [1.165, 1.54) is 0 Å². The molecule has 32 heavy (non-hydrogen) atoms. The smallest absolute Gasteiger partial charge is 0.186 e. The third-order valence-corrected chi connectivity index (χ3v) is 11.2. The number of hydrogen-bond acceptors (Lipinski definition) is 7. The molecular weight excluding hydrogens is 442 g/mol. The van der Waals surface area contributed by atoms with E-state index in [0.29, 0.717) is 17.4 Å². The number of rotatable bonds is 7. The number of nitrogens with one attached hydrogen (secondary N) is 4. The van der Waals surface area contributed by atoms with Gasteiger partial charge in [-0.3, -0.25) is 15.0 Å². The van der Waals surface area contributed by atoms with Gasteiger partial charge in [-0.05, 0) is 39.0 Å². The molecule has 2 heterocycles. The van der Waals surface area contributed by atoms with Gasteiger partial charge in [0, 0.05) is 17.4 Å². The Labute approximate surface area is 189 Å². The number of Topliss-reactive ketones (excluding diaryl/α,β-unsaturated/α-hetero) is 1. The van der Waals surface area contributed by atoms with Gasteiger partial charge in [0.15, 0.2) is 12.1 Å². The number of carbonyl (C=O) groups is 2. The van der Waals surface area contributed by atoms with E-state index < -0.39 is 27.6 Å². The average Bonchev–Trinajstić information content (AvgIpc) is 3.46. The lowest BCUT2D eigenvalue weighted by molar-refractivity contribution is 0.0970. The van der Waals surface area contributed by atoms with Crippen LogP contribution in [0.3, 0.4) is 0 Å². The number of hydrogen-bond donors (Lipinski definition) is 5. The van der Waals surface area contributed by atoms with Crippen molar-refractivity contribution in [2.24, 2.45) is 0 Å². The summed E-state index contributed by atoms with van der Waals surface area (Å²) in [6.07, 6.45) is 3.19. The molecule has 0 saturated carbocycles. The Hall–Kier alpha value is -2.08. The summed E-state index contributed by atoms with van der Waals surface area (Å²) < 4.78 is 0. The predicted molar refractivity (Wildman–Crippen MR) is 129 cm³/mol. The quantitative estimate of drug-likeness (QED) is 0.183. The van der Waals surface area contributed by atoms with Gasteiger partial charge >= 0.3 is 0 Å². The molecule has 166 valence electrons. The van der Waals surface area contributed by atoms with Crippen molar-refractivity contribution in [1.82, 2.24) is 21.7 Å². The zero-order valence-electron chi connectivity index (χ0n) is 17.7. The van der Waals surface area contributed by atoms with Gasteiger partial charge in [-0.2, -0.15) is 0 Å². The van der Waals surface area contributed by atoms with Gasteiger partial charge in [0.25, 0.3) is 0 Å². The first kappa shape index (κ1) is 23.1. The minimum absolute atomic E-state index is 0.123. The zero-order chi connectivity index (χ0) is 22.7. The highest BCUT2D eigenvalue weighted by Crippen LogP contribution is 2.66. The largest absolute Gasteiger partial charge is 0.373 e. The van der Waals surface area contributed by atoms with Gasteiger partial charge < -0.3 is 5.11 Å². The molecule has 5 atom stereocenters. The van der Waals surface area contributed by atoms with Crippen LogP contribution >= 0.6 is 15.8 Å². The summed E-state index contributed by atoms with van der Waals surface area (Å²) in [5.41, 5.74) is 14.3. The van der Waals surface area contributed by atoms with Gasteiger partial charge in [-0.25, -0.2) is 16.3 Å². The summed E-state index contributed by atoms with van der Waals surface area (Å²) >= 11 is 0. The van der Waals surface area contributed by atoms with Crippen LogP contribution in [0.15, 0.2) is 77.9 Å². The highest BCUT2D eigenvalue weighted by Gasteiger charge is 2.44. The molecule has 2 aliphatic heterocycles. The number of aliphatic hydroxyl groups is 1. The molecule has 7 nitrogen and oxygen atoms in total. The van der Waals surface area contributed by atoms with Crippen LogP contribution in [-0.2, 0) is 0 Å². The second-order valence-electron chi connectivity index (χ2n) is 7.48. The fourth-order valence-corrected chi connectivity index (χ4v) is 9.20. The number of aliphatic hydroxyl groups excluding tert-OH is 1. The minimum Gasteiger partial charge on any atom is -0.373 e. The number of carbonyl (C=O) groups excluding carboxylic acids is 2. The Morgan fingerprint density at radius 1 is 1.09 bits per heavy atom. The van der Waals surface area contributed by atoms with E-state index in [1.807, 2.05) is 43.3 Å². The van der Waals surface area contributed by atoms with Gasteiger partial charge in [0.1, 0.15) is 11.8 Å². The van der Waals surface area contributed by atoms with E-state index >= 15 is 0 Å². The normalized spacial score (nSPS) is 28.2. The summed E-state index contributed by atoms with van der Waals surface area (Å²) in [5.74, 6) is -1.46. The van der Waals surface area contributed by atoms with Crippen molar-refractivity contribution in [2.45, 2.75) is 24.5 Å². The van der Waals surface area contributed by atoms with Crippen molar-refractivity contribution in [3.05, 3.63) is 94.6 Å². The standard InChI is InChI=1S/C23H26N4O3P2/c1-3-19(15(2)31-14-24-27-23(31)30)32-21(16-9-5-4-6-10-16)25-26-22(32)20(29)18-12-8-7-11-17(18)13-28/h3-13,21-27,30H,1,14H2,2H3/b19-15-/t21-,22?,23+,31?,32?/m0/s1. The Morgan fingerprint density at radius 2 is 1.81 bits per heavy atom. The molecule has 0 spiro atoms. The lowest BCUT2D eigenvalue weighted by Gasteiger charge is -2.28. The molecular formula is C23H26N4O3P2. The number of aldehydes is 1. The number of allylic oxidation sites excluding steroid dienone is 3. The fourth-order valence-electron chi connectivity index (χ4n) is 4.04. The Bertz CT molecular complexity index is 1050. The highest BCUT2D eigenvalue weighted by atomic mass is 31.1. The van der Waals surface area contributed by atoms with Crippen LogP contribution < -0.4 is 21.7 Å². The Morgan fingerprint density at radius 3 is 2.47 bits per heavy atom. The zero-order valence-corrected chi connectivity index (χ0v) is 19.4. The molecule has 2 saturated heterocycles. The van der Waals surface area contributed by atoms with Crippen LogP contribution in [0.25, 0.3) is 0 Å². The van der Waals surface area contributed by atoms with Crippen molar-refractivity contribution in [3.63, 3.8) is 0 Å². The summed E-state index contributed by atoms with van der Waals surface area (Å²) in [7, 11) is -2.03. The molecule has 0 bridgehead atoms. The Balaban J connectivity index is 1.80. The van der Waals surface area contributed by atoms with E-state index in [1.54, 1.807) is 24.3 Å². The molecule has 2 aliphatic rings. The maximum Gasteiger partial charge on any atom is 0.186 e. The average molecular weight is 468 g/mol. The first-order chi connectivity index (χ1) is 15.6. The van der Waals surface area contributed by atoms with Gasteiger partial charge in [-0.15, -0.1) is 0 Å². The van der Waals surface area contributed by atoms with Crippen LogP contribution in [0.1, 0.15) is 39.0 Å². The van der Waals surface area contributed by atoms with Crippen LogP contribution in [0.5, 0.6) is 0 Å². The SMILES string of the molecule is C=C/C(=C(\C)P1CNN[C@@H]1O)P1C(C(=O)c2ccccc2C=O)NN[C@@H]1c1ccccc1. The van der Waals surface area contributed by atoms with Crippen molar-refractivity contribution >= 4 is 27.9 Å². The summed E-state index contributed by atoms with van der Waals surface area (Å²) in [6, 6.07) is 16.9. The molecule has 5 N–H and O–H groups in total. The minimum atomic E-state index is -1.14. The second kappa shape index (κ2) is 10.2. The third kappa shape index (κ3) is 4.39. The first-order valence-electron chi connectivity index (χ1n) is 10.3. The van der Waals surface area contributed by atoms with Crippen molar-refractivity contribution in [2.75, 3.05) is 6.29 Å². The van der Waals surface area contributed by atoms with Gasteiger partial charge in [-0.1, -0.05) is 67.3 Å². The number of hydrazine groups is 2. The van der Waals surface area contributed by atoms with Crippen LogP contribution in [-0.4, -0.2) is 35.2 Å². The topological polar surface area (TPSA) is 102 Å². The van der Waals surface area contributed by atoms with Crippen molar-refractivity contribution in [1.29, 1.82) is 0 Å². The van der Waals surface area contributed by atoms with E-state index in [9.17, 15) is 14.7 Å². The maximum atomic E-state index is 13.7. The maximum absolute atomic E-state index is 13.7. The Kier molecular flexibility index (Phi) is 7.39. The van der Waals surface area contributed by atoms with Crippen LogP contribution in [0, 0.1) is 0 Å². The fraction of sp³-hybridized carbons (Fsp3) is 0.217.